The van der Waals surface area contributed by atoms with Crippen LogP contribution in [0.3, 0.4) is 0 Å². The Bertz CT molecular complexity index is 607. The molecule has 1 aromatic carbocycles. The molecule has 1 aromatic heterocycles. The highest BCUT2D eigenvalue weighted by atomic mass is 19.4. The fourth-order valence-electron chi connectivity index (χ4n) is 2.94. The van der Waals surface area contributed by atoms with E-state index >= 15 is 0 Å². The zero-order valence-corrected chi connectivity index (χ0v) is 10.7. The molecule has 1 saturated carbocycles. The smallest absolute Gasteiger partial charge is 0.331 e. The van der Waals surface area contributed by atoms with Crippen LogP contribution in [0.25, 0.3) is 11.0 Å². The van der Waals surface area contributed by atoms with Gasteiger partial charge in [0.1, 0.15) is 5.82 Å². The summed E-state index contributed by atoms with van der Waals surface area (Å²) in [6, 6.07) is 3.79. The average molecular weight is 268 g/mol. The van der Waals surface area contributed by atoms with E-state index in [1.54, 1.807) is 0 Å². The van der Waals surface area contributed by atoms with Crippen LogP contribution in [0.2, 0.25) is 0 Å². The number of fused-ring (bicyclic) bond motifs is 1. The summed E-state index contributed by atoms with van der Waals surface area (Å²) < 4.78 is 40.0. The number of nitrogens with zero attached hydrogens (tertiary/aromatic N) is 2. The Kier molecular flexibility index (Phi) is 2.80. The molecule has 0 saturated heterocycles. The fourth-order valence-corrected chi connectivity index (χ4v) is 2.94. The lowest BCUT2D eigenvalue weighted by atomic mass is 10.1. The first-order valence-electron chi connectivity index (χ1n) is 6.50. The van der Waals surface area contributed by atoms with E-state index in [9.17, 15) is 13.2 Å². The average Bonchev–Trinajstić information content (AvgIpc) is 2.96. The van der Waals surface area contributed by atoms with E-state index in [0.717, 1.165) is 36.3 Å². The van der Waals surface area contributed by atoms with Crippen molar-refractivity contribution in [1.82, 2.24) is 9.55 Å². The molecule has 3 rings (SSSR count). The third-order valence-electron chi connectivity index (χ3n) is 3.96. The molecule has 19 heavy (non-hydrogen) atoms. The summed E-state index contributed by atoms with van der Waals surface area (Å²) in [5, 5.41) is 0. The predicted octanol–water partition coefficient (Wildman–Crippen LogP) is 4.25. The Hall–Kier alpha value is -1.52. The summed E-state index contributed by atoms with van der Waals surface area (Å²) in [6.45, 7) is 0. The van der Waals surface area contributed by atoms with Crippen LogP contribution in [0.1, 0.15) is 43.0 Å². The number of hydrogen-bond donors (Lipinski definition) is 0. The van der Waals surface area contributed by atoms with Gasteiger partial charge in [-0.15, -0.1) is 0 Å². The van der Waals surface area contributed by atoms with E-state index in [2.05, 4.69) is 4.98 Å². The Labute approximate surface area is 109 Å². The van der Waals surface area contributed by atoms with Crippen molar-refractivity contribution < 1.29 is 13.2 Å². The van der Waals surface area contributed by atoms with Gasteiger partial charge in [0.05, 0.1) is 16.6 Å². The maximum Gasteiger partial charge on any atom is 0.416 e. The summed E-state index contributed by atoms with van der Waals surface area (Å²) in [6.07, 6.45) is 0.231. The quantitative estimate of drug-likeness (QED) is 0.756. The van der Waals surface area contributed by atoms with Crippen LogP contribution in [-0.2, 0) is 13.2 Å². The Morgan fingerprint density at radius 1 is 1.21 bits per heavy atom. The molecule has 0 spiro atoms. The van der Waals surface area contributed by atoms with Gasteiger partial charge in [-0.1, -0.05) is 12.8 Å². The molecular formula is C14H15F3N2. The van der Waals surface area contributed by atoms with Crippen molar-refractivity contribution >= 4 is 11.0 Å². The minimum atomic E-state index is -4.31. The van der Waals surface area contributed by atoms with Crippen molar-refractivity contribution in [2.24, 2.45) is 7.05 Å². The van der Waals surface area contributed by atoms with Crippen LogP contribution < -0.4 is 0 Å². The first-order chi connectivity index (χ1) is 8.97. The highest BCUT2D eigenvalue weighted by molar-refractivity contribution is 5.77. The standard InChI is InChI=1S/C14H15F3N2/c1-19-12-7-6-10(14(15,16)17)8-11(12)18-13(19)9-4-2-3-5-9/h6-9H,2-5H2,1H3. The second-order valence-electron chi connectivity index (χ2n) is 5.21. The lowest BCUT2D eigenvalue weighted by Crippen LogP contribution is -2.04. The predicted molar refractivity (Wildman–Crippen MR) is 66.9 cm³/mol. The largest absolute Gasteiger partial charge is 0.416 e. The molecule has 1 heterocycles. The van der Waals surface area contributed by atoms with E-state index in [-0.39, 0.29) is 0 Å². The number of aryl methyl sites for hydroxylation is 1. The van der Waals surface area contributed by atoms with Crippen molar-refractivity contribution in [3.63, 3.8) is 0 Å². The first-order valence-corrected chi connectivity index (χ1v) is 6.50. The van der Waals surface area contributed by atoms with E-state index < -0.39 is 11.7 Å². The molecule has 1 aliphatic carbocycles. The fraction of sp³-hybridized carbons (Fsp3) is 0.500. The normalized spacial score (nSPS) is 17.5. The van der Waals surface area contributed by atoms with Crippen LogP contribution in [0.5, 0.6) is 0 Å². The first kappa shape index (κ1) is 12.5. The third kappa shape index (κ3) is 2.11. The minimum Gasteiger partial charge on any atom is -0.331 e. The molecule has 0 amide bonds. The highest BCUT2D eigenvalue weighted by Crippen LogP contribution is 2.36. The van der Waals surface area contributed by atoms with Gasteiger partial charge < -0.3 is 4.57 Å². The second-order valence-corrected chi connectivity index (χ2v) is 5.21. The van der Waals surface area contributed by atoms with Gasteiger partial charge in [-0.05, 0) is 31.0 Å². The lowest BCUT2D eigenvalue weighted by Gasteiger charge is -2.08. The molecule has 2 aromatic rings. The second kappa shape index (κ2) is 4.25. The van der Waals surface area contributed by atoms with Gasteiger partial charge in [0.25, 0.3) is 0 Å². The molecule has 0 radical (unpaired) electrons. The molecule has 0 unspecified atom stereocenters. The van der Waals surface area contributed by atoms with Crippen molar-refractivity contribution in [1.29, 1.82) is 0 Å². The molecule has 1 aliphatic rings. The summed E-state index contributed by atoms with van der Waals surface area (Å²) in [5.41, 5.74) is 0.588. The van der Waals surface area contributed by atoms with E-state index in [1.807, 2.05) is 11.6 Å². The highest BCUT2D eigenvalue weighted by Gasteiger charge is 2.31. The number of aromatic nitrogens is 2. The summed E-state index contributed by atoms with van der Waals surface area (Å²) >= 11 is 0. The van der Waals surface area contributed by atoms with Gasteiger partial charge in [0.2, 0.25) is 0 Å². The Balaban J connectivity index is 2.09. The number of benzene rings is 1. The van der Waals surface area contributed by atoms with E-state index in [0.29, 0.717) is 11.4 Å². The zero-order chi connectivity index (χ0) is 13.6. The summed E-state index contributed by atoms with van der Waals surface area (Å²) in [7, 11) is 1.89. The summed E-state index contributed by atoms with van der Waals surface area (Å²) in [5.74, 6) is 1.32. The molecule has 0 atom stereocenters. The van der Waals surface area contributed by atoms with Crippen molar-refractivity contribution in [2.75, 3.05) is 0 Å². The van der Waals surface area contributed by atoms with Crippen molar-refractivity contribution in [3.8, 4) is 0 Å². The number of imidazole rings is 1. The topological polar surface area (TPSA) is 17.8 Å². The van der Waals surface area contributed by atoms with Crippen LogP contribution in [-0.4, -0.2) is 9.55 Å². The van der Waals surface area contributed by atoms with Gasteiger partial charge in [-0.2, -0.15) is 13.2 Å². The Morgan fingerprint density at radius 2 is 1.89 bits per heavy atom. The molecule has 0 bridgehead atoms. The monoisotopic (exact) mass is 268 g/mol. The zero-order valence-electron chi connectivity index (χ0n) is 10.7. The number of halogens is 3. The maximum absolute atomic E-state index is 12.7. The molecule has 0 aliphatic heterocycles. The molecule has 102 valence electrons. The van der Waals surface area contributed by atoms with Gasteiger partial charge in [-0.3, -0.25) is 0 Å². The van der Waals surface area contributed by atoms with Crippen LogP contribution in [0, 0.1) is 0 Å². The van der Waals surface area contributed by atoms with Crippen LogP contribution >= 0.6 is 0 Å². The minimum absolute atomic E-state index is 0.395. The molecular weight excluding hydrogens is 253 g/mol. The van der Waals surface area contributed by atoms with Crippen LogP contribution in [0.15, 0.2) is 18.2 Å². The van der Waals surface area contributed by atoms with Gasteiger partial charge in [-0.25, -0.2) is 4.98 Å². The molecule has 5 heteroatoms. The lowest BCUT2D eigenvalue weighted by molar-refractivity contribution is -0.137. The van der Waals surface area contributed by atoms with Crippen molar-refractivity contribution in [3.05, 3.63) is 29.6 Å². The number of alkyl halides is 3. The number of rotatable bonds is 1. The molecule has 2 nitrogen and oxygen atoms in total. The van der Waals surface area contributed by atoms with Gasteiger partial charge in [0, 0.05) is 13.0 Å². The Morgan fingerprint density at radius 3 is 2.53 bits per heavy atom. The third-order valence-corrected chi connectivity index (χ3v) is 3.96. The van der Waals surface area contributed by atoms with Gasteiger partial charge >= 0.3 is 6.18 Å². The van der Waals surface area contributed by atoms with E-state index in [1.165, 1.54) is 18.9 Å². The summed E-state index contributed by atoms with van der Waals surface area (Å²) in [4.78, 5) is 4.43. The van der Waals surface area contributed by atoms with Crippen LogP contribution in [0.4, 0.5) is 13.2 Å². The molecule has 1 fully saturated rings. The van der Waals surface area contributed by atoms with Gasteiger partial charge in [0.15, 0.2) is 0 Å². The number of hydrogen-bond acceptors (Lipinski definition) is 1. The maximum atomic E-state index is 12.7. The van der Waals surface area contributed by atoms with E-state index in [4.69, 9.17) is 0 Å². The molecule has 0 N–H and O–H groups in total. The SMILES string of the molecule is Cn1c(C2CCCC2)nc2cc(C(F)(F)F)ccc21. The van der Waals surface area contributed by atoms with Crippen molar-refractivity contribution in [2.45, 2.75) is 37.8 Å².